The van der Waals surface area contributed by atoms with Gasteiger partial charge >= 0.3 is 0 Å². The Morgan fingerprint density at radius 3 is 2.38 bits per heavy atom. The van der Waals surface area contributed by atoms with Gasteiger partial charge in [-0.2, -0.15) is 5.10 Å². The van der Waals surface area contributed by atoms with Crippen molar-refractivity contribution in [3.05, 3.63) is 57.9 Å². The maximum absolute atomic E-state index is 14.3. The van der Waals surface area contributed by atoms with Gasteiger partial charge in [0.05, 0.1) is 16.4 Å². The largest absolute Gasteiger partial charge is 0.395 e. The molecule has 248 valence electrons. The normalized spacial score (nSPS) is 27.1. The molecule has 2 aromatic rings. The lowest BCUT2D eigenvalue weighted by molar-refractivity contribution is -0.116. The van der Waals surface area contributed by atoms with Crippen LogP contribution in [0.25, 0.3) is 5.69 Å². The van der Waals surface area contributed by atoms with Crippen LogP contribution in [-0.4, -0.2) is 39.2 Å². The van der Waals surface area contributed by atoms with Crippen LogP contribution >= 0.6 is 23.2 Å². The molecule has 1 aromatic heterocycles. The number of oxime groups is 1. The number of benzene rings is 1. The number of carbonyl (C=O) groups is 1. The summed E-state index contributed by atoms with van der Waals surface area (Å²) < 4.78 is 1.63. The number of halogens is 2. The molecule has 45 heavy (non-hydrogen) atoms. The Kier molecular flexibility index (Phi) is 12.6. The van der Waals surface area contributed by atoms with Crippen LogP contribution < -0.4 is 5.32 Å². The smallest absolute Gasteiger partial charge is 0.273 e. The minimum Gasteiger partial charge on any atom is -0.395 e. The molecule has 2 aliphatic rings. The number of aliphatic hydroxyl groups excluding tert-OH is 1. The van der Waals surface area contributed by atoms with E-state index in [0.717, 1.165) is 37.7 Å². The number of rotatable bonds is 11. The van der Waals surface area contributed by atoms with Crippen LogP contribution in [0.4, 0.5) is 0 Å². The molecular formula is C36H52Cl2N4O3. The predicted octanol–water partition coefficient (Wildman–Crippen LogP) is 8.82. The third-order valence-corrected chi connectivity index (χ3v) is 10.5. The van der Waals surface area contributed by atoms with Crippen LogP contribution in [-0.2, 0) is 9.63 Å². The average molecular weight is 660 g/mol. The number of amides is 1. The molecule has 9 heteroatoms. The predicted molar refractivity (Wildman–Crippen MR) is 184 cm³/mol. The van der Waals surface area contributed by atoms with Crippen molar-refractivity contribution in [2.24, 2.45) is 46.6 Å². The van der Waals surface area contributed by atoms with Gasteiger partial charge in [0.25, 0.3) is 5.91 Å². The van der Waals surface area contributed by atoms with Crippen molar-refractivity contribution in [2.75, 3.05) is 6.61 Å². The van der Waals surface area contributed by atoms with E-state index in [4.69, 9.17) is 28.0 Å². The molecule has 2 fully saturated rings. The van der Waals surface area contributed by atoms with E-state index in [1.807, 2.05) is 6.92 Å². The van der Waals surface area contributed by atoms with Crippen molar-refractivity contribution in [3.8, 4) is 5.69 Å². The second kappa shape index (κ2) is 16.0. The Morgan fingerprint density at radius 2 is 1.73 bits per heavy atom. The second-order valence-corrected chi connectivity index (χ2v) is 14.9. The van der Waals surface area contributed by atoms with Crippen LogP contribution in [0.3, 0.4) is 0 Å². The van der Waals surface area contributed by atoms with Gasteiger partial charge in [-0.05, 0) is 110 Å². The molecule has 1 aromatic carbocycles. The average Bonchev–Trinajstić information content (AvgIpc) is 3.46. The molecule has 2 N–H and O–H groups in total. The fourth-order valence-electron chi connectivity index (χ4n) is 7.45. The Hall–Kier alpha value is -2.35. The quantitative estimate of drug-likeness (QED) is 0.186. The molecule has 0 aliphatic heterocycles. The topological polar surface area (TPSA) is 88.7 Å². The molecule has 7 nitrogen and oxygen atoms in total. The molecule has 0 saturated heterocycles. The molecule has 7 unspecified atom stereocenters. The fraction of sp³-hybridized carbons (Fsp3) is 0.639. The first-order chi connectivity index (χ1) is 21.4. The Labute approximate surface area is 279 Å². The van der Waals surface area contributed by atoms with Crippen molar-refractivity contribution < 1.29 is 14.7 Å². The van der Waals surface area contributed by atoms with Gasteiger partial charge in [-0.15, -0.1) is 0 Å². The summed E-state index contributed by atoms with van der Waals surface area (Å²) in [5.74, 6) is 2.43. The maximum Gasteiger partial charge on any atom is 0.273 e. The first kappa shape index (κ1) is 35.5. The summed E-state index contributed by atoms with van der Waals surface area (Å²) in [6, 6.07) is 7.03. The maximum atomic E-state index is 14.3. The molecule has 1 heterocycles. The van der Waals surface area contributed by atoms with Crippen molar-refractivity contribution in [2.45, 2.75) is 99.1 Å². The fourth-order valence-corrected chi connectivity index (χ4v) is 7.94. The van der Waals surface area contributed by atoms with E-state index >= 15 is 0 Å². The number of aliphatic hydroxyl groups is 1. The molecule has 7 atom stereocenters. The van der Waals surface area contributed by atoms with Gasteiger partial charge < -0.3 is 15.3 Å². The standard InChI is InChI=1S/C36H52Cl2N4O3/c1-8-45-41-35(36(44)39-32-18-24(7)10-13-27(32)22(4)5)29(28-17-23(6)9-12-26(28)21(2)3)20-34(43)31-15-16-42(40-31)33-14-11-25(37)19-30(33)38/h11,14-16,19-24,26-28,32,34,43H,8-10,12-13,17-18H2,1-7H3,(H,39,44)/b29-20-,41-35+. The van der Waals surface area contributed by atoms with Gasteiger partial charge in [0, 0.05) is 17.3 Å². The molecule has 0 radical (unpaired) electrons. The lowest BCUT2D eigenvalue weighted by atomic mass is 9.66. The minimum absolute atomic E-state index is 0.0346. The molecule has 2 aliphatic carbocycles. The Bertz CT molecular complexity index is 1350. The first-order valence-corrected chi connectivity index (χ1v) is 17.6. The summed E-state index contributed by atoms with van der Waals surface area (Å²) in [5.41, 5.74) is 2.11. The van der Waals surface area contributed by atoms with E-state index in [0.29, 0.717) is 63.5 Å². The van der Waals surface area contributed by atoms with Crippen molar-refractivity contribution >= 4 is 34.8 Å². The molecular weight excluding hydrogens is 607 g/mol. The number of nitrogens with one attached hydrogen (secondary N) is 1. The Morgan fingerprint density at radius 1 is 1.07 bits per heavy atom. The SMILES string of the molecule is CCO/N=C(C(=O)NC1CC(C)CCC1C(C)C)\C(=C/C(O)c1ccn(-c2ccc(Cl)cc2Cl)n1)C1CC(C)CCC1C(C)C. The van der Waals surface area contributed by atoms with E-state index in [2.05, 4.69) is 57.1 Å². The third-order valence-electron chi connectivity index (χ3n) is 9.94. The number of aromatic nitrogens is 2. The van der Waals surface area contributed by atoms with E-state index in [9.17, 15) is 9.90 Å². The summed E-state index contributed by atoms with van der Waals surface area (Å²) in [6.07, 6.45) is 8.79. The van der Waals surface area contributed by atoms with E-state index in [1.165, 1.54) is 6.42 Å². The lowest BCUT2D eigenvalue weighted by Gasteiger charge is -2.40. The number of hydrogen-bond donors (Lipinski definition) is 2. The molecule has 0 bridgehead atoms. The van der Waals surface area contributed by atoms with Gasteiger partial charge in [0.15, 0.2) is 5.71 Å². The number of carbonyl (C=O) groups excluding carboxylic acids is 1. The summed E-state index contributed by atoms with van der Waals surface area (Å²) in [7, 11) is 0. The molecule has 2 saturated carbocycles. The highest BCUT2D eigenvalue weighted by Crippen LogP contribution is 2.43. The molecule has 1 amide bonds. The van der Waals surface area contributed by atoms with Crippen molar-refractivity contribution in [3.63, 3.8) is 0 Å². The van der Waals surface area contributed by atoms with Crippen LogP contribution in [0, 0.1) is 41.4 Å². The highest BCUT2D eigenvalue weighted by Gasteiger charge is 2.39. The van der Waals surface area contributed by atoms with Gasteiger partial charge in [-0.3, -0.25) is 4.79 Å². The zero-order valence-corrected chi connectivity index (χ0v) is 29.5. The zero-order valence-electron chi connectivity index (χ0n) is 28.0. The third kappa shape index (κ3) is 8.93. The van der Waals surface area contributed by atoms with Gasteiger partial charge in [-0.25, -0.2) is 4.68 Å². The van der Waals surface area contributed by atoms with Crippen molar-refractivity contribution in [1.82, 2.24) is 15.1 Å². The van der Waals surface area contributed by atoms with Crippen LogP contribution in [0.2, 0.25) is 10.0 Å². The van der Waals surface area contributed by atoms with E-state index in [-0.39, 0.29) is 23.6 Å². The van der Waals surface area contributed by atoms with Gasteiger partial charge in [0.2, 0.25) is 0 Å². The summed E-state index contributed by atoms with van der Waals surface area (Å²) in [5, 5.41) is 25.2. The van der Waals surface area contributed by atoms with Gasteiger partial charge in [0.1, 0.15) is 12.7 Å². The first-order valence-electron chi connectivity index (χ1n) is 16.8. The molecule has 0 spiro atoms. The highest BCUT2D eigenvalue weighted by molar-refractivity contribution is 6.45. The summed E-state index contributed by atoms with van der Waals surface area (Å²) in [6.45, 7) is 15.7. The number of nitrogens with zero attached hydrogens (tertiary/aromatic N) is 3. The van der Waals surface area contributed by atoms with Gasteiger partial charge in [-0.1, -0.05) is 82.7 Å². The zero-order chi connectivity index (χ0) is 32.8. The van der Waals surface area contributed by atoms with E-state index < -0.39 is 6.10 Å². The van der Waals surface area contributed by atoms with E-state index in [1.54, 1.807) is 41.2 Å². The minimum atomic E-state index is -1.07. The lowest BCUT2D eigenvalue weighted by Crippen LogP contribution is -2.49. The van der Waals surface area contributed by atoms with Crippen LogP contribution in [0.1, 0.15) is 98.8 Å². The monoisotopic (exact) mass is 658 g/mol. The summed E-state index contributed by atoms with van der Waals surface area (Å²) in [4.78, 5) is 19.9. The highest BCUT2D eigenvalue weighted by atomic mass is 35.5. The van der Waals surface area contributed by atoms with Crippen LogP contribution in [0.5, 0.6) is 0 Å². The second-order valence-electron chi connectivity index (χ2n) is 14.0. The number of hydrogen-bond acceptors (Lipinski definition) is 5. The summed E-state index contributed by atoms with van der Waals surface area (Å²) >= 11 is 12.6. The van der Waals surface area contributed by atoms with Crippen LogP contribution in [0.15, 0.2) is 47.3 Å². The Balaban J connectivity index is 1.75. The molecule has 4 rings (SSSR count). The van der Waals surface area contributed by atoms with Crippen molar-refractivity contribution in [1.29, 1.82) is 0 Å².